The van der Waals surface area contributed by atoms with Crippen LogP contribution in [0.5, 0.6) is 0 Å². The molecule has 0 aromatic heterocycles. The standard InChI is InChI=1S/C10H19O2P/c1-7(2)9-5-4-8(3)6-10(9)12-13-11/h7-10H,4-6H2,1-3H3. The van der Waals surface area contributed by atoms with Gasteiger partial charge in [-0.2, -0.15) is 0 Å². The van der Waals surface area contributed by atoms with Crippen molar-refractivity contribution in [3.8, 4) is 0 Å². The van der Waals surface area contributed by atoms with Crippen LogP contribution in [-0.2, 0) is 9.09 Å². The van der Waals surface area contributed by atoms with Crippen molar-refractivity contribution in [2.45, 2.75) is 46.1 Å². The molecule has 0 amide bonds. The lowest BCUT2D eigenvalue weighted by atomic mass is 9.75. The Hall–Kier alpha value is 0.0600. The van der Waals surface area contributed by atoms with E-state index in [9.17, 15) is 4.57 Å². The maximum Gasteiger partial charge on any atom is 0.327 e. The summed E-state index contributed by atoms with van der Waals surface area (Å²) in [6, 6.07) is 0. The van der Waals surface area contributed by atoms with Gasteiger partial charge < -0.3 is 0 Å². The third kappa shape index (κ3) is 3.03. The third-order valence-electron chi connectivity index (χ3n) is 3.14. The molecule has 1 fully saturated rings. The molecule has 0 N–H and O–H groups in total. The van der Waals surface area contributed by atoms with Gasteiger partial charge in [-0.15, -0.1) is 0 Å². The van der Waals surface area contributed by atoms with Crippen molar-refractivity contribution in [2.24, 2.45) is 17.8 Å². The fraction of sp³-hybridized carbons (Fsp3) is 1.00. The highest BCUT2D eigenvalue weighted by Gasteiger charge is 2.31. The molecule has 0 aromatic carbocycles. The third-order valence-corrected chi connectivity index (χ3v) is 3.50. The average Bonchev–Trinajstić information content (AvgIpc) is 2.04. The molecule has 0 aliphatic heterocycles. The Morgan fingerprint density at radius 2 is 2.08 bits per heavy atom. The summed E-state index contributed by atoms with van der Waals surface area (Å²) in [5, 5.41) is 0. The van der Waals surface area contributed by atoms with Gasteiger partial charge in [-0.25, -0.2) is 4.57 Å². The van der Waals surface area contributed by atoms with E-state index < -0.39 is 0 Å². The van der Waals surface area contributed by atoms with Gasteiger partial charge >= 0.3 is 8.69 Å². The summed E-state index contributed by atoms with van der Waals surface area (Å²) in [4.78, 5) is 0. The van der Waals surface area contributed by atoms with E-state index in [0.717, 1.165) is 12.3 Å². The minimum atomic E-state index is -0.156. The van der Waals surface area contributed by atoms with Crippen LogP contribution < -0.4 is 0 Å². The zero-order valence-corrected chi connectivity index (χ0v) is 9.59. The second-order valence-corrected chi connectivity index (χ2v) is 4.90. The van der Waals surface area contributed by atoms with Crippen molar-refractivity contribution < 1.29 is 9.09 Å². The minimum absolute atomic E-state index is 0.156. The maximum atomic E-state index is 10.4. The first kappa shape index (κ1) is 11.1. The molecular weight excluding hydrogens is 183 g/mol. The summed E-state index contributed by atoms with van der Waals surface area (Å²) >= 11 is 0. The van der Waals surface area contributed by atoms with Gasteiger partial charge in [0.25, 0.3) is 0 Å². The van der Waals surface area contributed by atoms with E-state index in [0.29, 0.717) is 11.8 Å². The van der Waals surface area contributed by atoms with Crippen LogP contribution in [0.4, 0.5) is 0 Å². The van der Waals surface area contributed by atoms with Gasteiger partial charge in [0.05, 0.1) is 6.10 Å². The molecule has 1 saturated carbocycles. The molecule has 1 aliphatic rings. The van der Waals surface area contributed by atoms with Gasteiger partial charge in [-0.3, -0.25) is 4.52 Å². The Morgan fingerprint density at radius 1 is 1.38 bits per heavy atom. The summed E-state index contributed by atoms with van der Waals surface area (Å²) in [5.41, 5.74) is 0. The van der Waals surface area contributed by atoms with Crippen LogP contribution in [0.25, 0.3) is 0 Å². The van der Waals surface area contributed by atoms with Crippen molar-refractivity contribution in [2.75, 3.05) is 0 Å². The Labute approximate surface area is 82.3 Å². The van der Waals surface area contributed by atoms with Crippen LogP contribution in [-0.4, -0.2) is 6.10 Å². The quantitative estimate of drug-likeness (QED) is 0.652. The lowest BCUT2D eigenvalue weighted by molar-refractivity contribution is 0.0560. The molecule has 1 rings (SSSR count). The van der Waals surface area contributed by atoms with E-state index in [1.165, 1.54) is 12.8 Å². The molecule has 2 nitrogen and oxygen atoms in total. The molecule has 0 heterocycles. The van der Waals surface area contributed by atoms with Gasteiger partial charge in [0.2, 0.25) is 0 Å². The zero-order chi connectivity index (χ0) is 9.84. The monoisotopic (exact) mass is 202 g/mol. The van der Waals surface area contributed by atoms with Gasteiger partial charge in [0.15, 0.2) is 0 Å². The van der Waals surface area contributed by atoms with Crippen molar-refractivity contribution in [1.29, 1.82) is 0 Å². The molecule has 0 bridgehead atoms. The molecule has 3 unspecified atom stereocenters. The molecule has 3 heteroatoms. The molecule has 0 aromatic rings. The molecule has 3 atom stereocenters. The summed E-state index contributed by atoms with van der Waals surface area (Å²) in [6.45, 7) is 6.69. The molecule has 0 spiro atoms. The zero-order valence-electron chi connectivity index (χ0n) is 8.69. The topological polar surface area (TPSA) is 26.3 Å². The summed E-state index contributed by atoms with van der Waals surface area (Å²) < 4.78 is 15.7. The van der Waals surface area contributed by atoms with Crippen LogP contribution in [0.2, 0.25) is 0 Å². The second kappa shape index (κ2) is 5.07. The summed E-state index contributed by atoms with van der Waals surface area (Å²) in [6.07, 6.45) is 3.79. The van der Waals surface area contributed by atoms with Crippen LogP contribution in [0, 0.1) is 17.8 Å². The van der Waals surface area contributed by atoms with Crippen LogP contribution in [0.15, 0.2) is 0 Å². The van der Waals surface area contributed by atoms with Crippen molar-refractivity contribution in [3.63, 3.8) is 0 Å². The first-order valence-corrected chi connectivity index (χ1v) is 5.86. The van der Waals surface area contributed by atoms with E-state index in [1.807, 2.05) is 0 Å². The molecular formula is C10H19O2P. The molecule has 76 valence electrons. The molecule has 0 radical (unpaired) electrons. The normalized spacial score (nSPS) is 35.5. The molecule has 0 saturated heterocycles. The predicted octanol–water partition coefficient (Wildman–Crippen LogP) is 3.67. The average molecular weight is 202 g/mol. The summed E-state index contributed by atoms with van der Waals surface area (Å²) in [7, 11) is -0.156. The van der Waals surface area contributed by atoms with Crippen molar-refractivity contribution in [1.82, 2.24) is 0 Å². The highest BCUT2D eigenvalue weighted by atomic mass is 31.1. The Morgan fingerprint density at radius 3 is 2.62 bits per heavy atom. The Kier molecular flexibility index (Phi) is 4.34. The fourth-order valence-electron chi connectivity index (χ4n) is 2.29. The lowest BCUT2D eigenvalue weighted by Gasteiger charge is -2.35. The van der Waals surface area contributed by atoms with Gasteiger partial charge in [-0.05, 0) is 30.6 Å². The smallest absolute Gasteiger partial charge is 0.291 e. The van der Waals surface area contributed by atoms with E-state index in [2.05, 4.69) is 20.8 Å². The minimum Gasteiger partial charge on any atom is -0.291 e. The van der Waals surface area contributed by atoms with E-state index >= 15 is 0 Å². The predicted molar refractivity (Wildman–Crippen MR) is 53.8 cm³/mol. The van der Waals surface area contributed by atoms with E-state index in [4.69, 9.17) is 4.52 Å². The molecule has 1 aliphatic carbocycles. The summed E-state index contributed by atoms with van der Waals surface area (Å²) in [5.74, 6) is 1.96. The maximum absolute atomic E-state index is 10.4. The Balaban J connectivity index is 2.54. The van der Waals surface area contributed by atoms with Gasteiger partial charge in [0, 0.05) is 0 Å². The van der Waals surface area contributed by atoms with Crippen LogP contribution in [0.1, 0.15) is 40.0 Å². The van der Waals surface area contributed by atoms with E-state index in [-0.39, 0.29) is 14.8 Å². The highest BCUT2D eigenvalue weighted by molar-refractivity contribution is 7.17. The fourth-order valence-corrected chi connectivity index (χ4v) is 2.64. The van der Waals surface area contributed by atoms with Crippen molar-refractivity contribution >= 4 is 8.69 Å². The van der Waals surface area contributed by atoms with Crippen molar-refractivity contribution in [3.05, 3.63) is 0 Å². The number of rotatable bonds is 3. The Bertz CT molecular complexity index is 170. The number of hydrogen-bond acceptors (Lipinski definition) is 2. The first-order chi connectivity index (χ1) is 6.15. The molecule has 13 heavy (non-hydrogen) atoms. The number of hydrogen-bond donors (Lipinski definition) is 0. The second-order valence-electron chi connectivity index (χ2n) is 4.54. The van der Waals surface area contributed by atoms with Crippen LogP contribution >= 0.6 is 8.69 Å². The van der Waals surface area contributed by atoms with Gasteiger partial charge in [0.1, 0.15) is 0 Å². The van der Waals surface area contributed by atoms with E-state index in [1.54, 1.807) is 0 Å². The van der Waals surface area contributed by atoms with Gasteiger partial charge in [-0.1, -0.05) is 27.2 Å². The lowest BCUT2D eigenvalue weighted by Crippen LogP contribution is -2.32. The highest BCUT2D eigenvalue weighted by Crippen LogP contribution is 2.36. The SMILES string of the molecule is CC1CCC(C(C)C)C(OP=O)C1. The van der Waals surface area contributed by atoms with Crippen LogP contribution in [0.3, 0.4) is 0 Å². The first-order valence-electron chi connectivity index (χ1n) is 5.13. The largest absolute Gasteiger partial charge is 0.327 e.